The third-order valence-corrected chi connectivity index (χ3v) is 5.53. The Kier molecular flexibility index (Phi) is 7.67. The van der Waals surface area contributed by atoms with E-state index in [9.17, 15) is 13.2 Å². The molecule has 0 saturated carbocycles. The van der Waals surface area contributed by atoms with E-state index in [-0.39, 0.29) is 12.0 Å². The van der Waals surface area contributed by atoms with Crippen LogP contribution in [0.2, 0.25) is 0 Å². The first-order valence-corrected chi connectivity index (χ1v) is 11.6. The van der Waals surface area contributed by atoms with Crippen molar-refractivity contribution in [3.05, 3.63) is 59.7 Å². The van der Waals surface area contributed by atoms with Gasteiger partial charge < -0.3 is 10.1 Å². The molecule has 0 radical (unpaired) electrons. The summed E-state index contributed by atoms with van der Waals surface area (Å²) >= 11 is 0. The van der Waals surface area contributed by atoms with Crippen molar-refractivity contribution in [2.45, 2.75) is 52.8 Å². The van der Waals surface area contributed by atoms with Crippen LogP contribution in [0.1, 0.15) is 38.3 Å². The molecule has 1 amide bonds. The average molecular weight is 419 g/mol. The molecule has 0 bridgehead atoms. The van der Waals surface area contributed by atoms with Crippen molar-refractivity contribution in [1.29, 1.82) is 0 Å². The summed E-state index contributed by atoms with van der Waals surface area (Å²) in [5.41, 5.74) is 2.32. The quantitative estimate of drug-likeness (QED) is 0.675. The number of anilines is 1. The Balaban J connectivity index is 2.15. The van der Waals surface area contributed by atoms with Crippen LogP contribution in [0.15, 0.2) is 48.5 Å². The summed E-state index contributed by atoms with van der Waals surface area (Å²) < 4.78 is 31.8. The second kappa shape index (κ2) is 9.78. The van der Waals surface area contributed by atoms with Gasteiger partial charge >= 0.3 is 0 Å². The van der Waals surface area contributed by atoms with Gasteiger partial charge in [-0.15, -0.1) is 0 Å². The topological polar surface area (TPSA) is 75.7 Å². The number of sulfonamides is 1. The highest BCUT2D eigenvalue weighted by atomic mass is 32.2. The minimum atomic E-state index is -3.64. The lowest BCUT2D eigenvalue weighted by Crippen LogP contribution is -2.49. The number of hydrogen-bond donors (Lipinski definition) is 1. The second-order valence-corrected chi connectivity index (χ2v) is 9.21. The predicted octanol–water partition coefficient (Wildman–Crippen LogP) is 3.64. The fraction of sp³-hybridized carbons (Fsp3) is 0.409. The van der Waals surface area contributed by atoms with Gasteiger partial charge in [0.05, 0.1) is 18.0 Å². The molecule has 2 aromatic carbocycles. The van der Waals surface area contributed by atoms with E-state index in [1.807, 2.05) is 51.1 Å². The molecular formula is C22H30N2O4S. The number of nitrogens with one attached hydrogen (secondary N) is 1. The summed E-state index contributed by atoms with van der Waals surface area (Å²) in [6, 6.07) is 13.8. The molecule has 0 unspecified atom stereocenters. The Labute approximate surface area is 173 Å². The Bertz CT molecular complexity index is 924. The van der Waals surface area contributed by atoms with Gasteiger partial charge in [-0.3, -0.25) is 9.10 Å². The summed E-state index contributed by atoms with van der Waals surface area (Å²) in [5.74, 6) is 0.436. The molecule has 0 aliphatic heterocycles. The molecule has 0 heterocycles. The summed E-state index contributed by atoms with van der Waals surface area (Å²) in [6.45, 7) is 7.91. The number of nitrogens with zero attached hydrogens (tertiary/aromatic N) is 1. The van der Waals surface area contributed by atoms with Crippen LogP contribution in [-0.4, -0.2) is 32.7 Å². The van der Waals surface area contributed by atoms with Gasteiger partial charge in [0, 0.05) is 6.54 Å². The van der Waals surface area contributed by atoms with Gasteiger partial charge in [0.15, 0.2) is 0 Å². The van der Waals surface area contributed by atoms with Crippen LogP contribution in [-0.2, 0) is 21.4 Å². The van der Waals surface area contributed by atoms with Crippen molar-refractivity contribution in [2.75, 3.05) is 10.6 Å². The van der Waals surface area contributed by atoms with Crippen molar-refractivity contribution in [1.82, 2.24) is 5.32 Å². The SMILES string of the molecule is CC[C@@H](C(=O)NCc1ccc(OC(C)C)cc1)N(c1cccc(C)c1)S(C)(=O)=O. The van der Waals surface area contributed by atoms with E-state index >= 15 is 0 Å². The van der Waals surface area contributed by atoms with Gasteiger partial charge in [-0.25, -0.2) is 8.42 Å². The van der Waals surface area contributed by atoms with Crippen LogP contribution in [0.3, 0.4) is 0 Å². The lowest BCUT2D eigenvalue weighted by atomic mass is 10.1. The van der Waals surface area contributed by atoms with Crippen LogP contribution in [0.4, 0.5) is 5.69 Å². The maximum atomic E-state index is 12.9. The number of carbonyl (C=O) groups excluding carboxylic acids is 1. The molecule has 158 valence electrons. The van der Waals surface area contributed by atoms with Gasteiger partial charge in [0.25, 0.3) is 0 Å². The standard InChI is InChI=1S/C22H30N2O4S/c1-6-21(24(29(5,26)27)19-9-7-8-17(4)14-19)22(25)23-15-18-10-12-20(13-11-18)28-16(2)3/h7-14,16,21H,6,15H2,1-5H3,(H,23,25)/t21-/m0/s1. The first kappa shape index (κ1) is 22.7. The summed E-state index contributed by atoms with van der Waals surface area (Å²) in [5, 5.41) is 2.86. The van der Waals surface area contributed by atoms with Crippen LogP contribution >= 0.6 is 0 Å². The molecule has 29 heavy (non-hydrogen) atoms. The zero-order chi connectivity index (χ0) is 21.6. The lowest BCUT2D eigenvalue weighted by molar-refractivity contribution is -0.122. The molecule has 2 rings (SSSR count). The molecule has 0 saturated heterocycles. The highest BCUT2D eigenvalue weighted by Crippen LogP contribution is 2.23. The maximum Gasteiger partial charge on any atom is 0.244 e. The number of benzene rings is 2. The molecule has 0 spiro atoms. The highest BCUT2D eigenvalue weighted by Gasteiger charge is 2.31. The zero-order valence-corrected chi connectivity index (χ0v) is 18.5. The van der Waals surface area contributed by atoms with Crippen LogP contribution in [0.5, 0.6) is 5.75 Å². The van der Waals surface area contributed by atoms with E-state index in [0.717, 1.165) is 23.1 Å². The molecule has 7 heteroatoms. The van der Waals surface area contributed by atoms with E-state index in [1.165, 1.54) is 4.31 Å². The van der Waals surface area contributed by atoms with Gasteiger partial charge in [-0.05, 0) is 62.6 Å². The molecule has 2 aromatic rings. The molecule has 0 aliphatic rings. The molecule has 1 N–H and O–H groups in total. The smallest absolute Gasteiger partial charge is 0.244 e. The van der Waals surface area contributed by atoms with Gasteiger partial charge in [-0.1, -0.05) is 31.2 Å². The number of carbonyl (C=O) groups is 1. The van der Waals surface area contributed by atoms with Crippen molar-refractivity contribution in [2.24, 2.45) is 0 Å². The third-order valence-electron chi connectivity index (χ3n) is 4.35. The fourth-order valence-electron chi connectivity index (χ4n) is 3.09. The lowest BCUT2D eigenvalue weighted by Gasteiger charge is -2.30. The highest BCUT2D eigenvalue weighted by molar-refractivity contribution is 7.92. The molecule has 0 aromatic heterocycles. The zero-order valence-electron chi connectivity index (χ0n) is 17.7. The summed E-state index contributed by atoms with van der Waals surface area (Å²) in [6.07, 6.45) is 1.57. The van der Waals surface area contributed by atoms with Gasteiger partial charge in [-0.2, -0.15) is 0 Å². The minimum absolute atomic E-state index is 0.0921. The summed E-state index contributed by atoms with van der Waals surface area (Å²) in [4.78, 5) is 12.9. The minimum Gasteiger partial charge on any atom is -0.491 e. The number of hydrogen-bond acceptors (Lipinski definition) is 4. The van der Waals surface area contributed by atoms with Gasteiger partial charge in [0.2, 0.25) is 15.9 Å². The number of ether oxygens (including phenoxy) is 1. The Morgan fingerprint density at radius 1 is 1.14 bits per heavy atom. The second-order valence-electron chi connectivity index (χ2n) is 7.35. The maximum absolute atomic E-state index is 12.9. The molecule has 6 nitrogen and oxygen atoms in total. The molecule has 0 aliphatic carbocycles. The Hall–Kier alpha value is -2.54. The first-order chi connectivity index (χ1) is 13.6. The van der Waals surface area contributed by atoms with E-state index in [4.69, 9.17) is 4.74 Å². The Morgan fingerprint density at radius 2 is 1.79 bits per heavy atom. The largest absolute Gasteiger partial charge is 0.491 e. The van der Waals surface area contributed by atoms with E-state index < -0.39 is 16.1 Å². The average Bonchev–Trinajstić information content (AvgIpc) is 2.63. The van der Waals surface area contributed by atoms with Crippen molar-refractivity contribution in [3.8, 4) is 5.75 Å². The van der Waals surface area contributed by atoms with Crippen molar-refractivity contribution >= 4 is 21.6 Å². The van der Waals surface area contributed by atoms with Gasteiger partial charge in [0.1, 0.15) is 11.8 Å². The predicted molar refractivity (Wildman–Crippen MR) is 117 cm³/mol. The number of amides is 1. The third kappa shape index (κ3) is 6.49. The molecular weight excluding hydrogens is 388 g/mol. The molecule has 0 fully saturated rings. The molecule has 1 atom stereocenters. The monoisotopic (exact) mass is 418 g/mol. The van der Waals surface area contributed by atoms with E-state index in [0.29, 0.717) is 18.7 Å². The van der Waals surface area contributed by atoms with E-state index in [2.05, 4.69) is 5.32 Å². The van der Waals surface area contributed by atoms with Crippen LogP contribution < -0.4 is 14.4 Å². The fourth-order valence-corrected chi connectivity index (χ4v) is 4.29. The van der Waals surface area contributed by atoms with Crippen molar-refractivity contribution in [3.63, 3.8) is 0 Å². The number of rotatable bonds is 9. The summed E-state index contributed by atoms with van der Waals surface area (Å²) in [7, 11) is -3.64. The first-order valence-electron chi connectivity index (χ1n) is 9.71. The van der Waals surface area contributed by atoms with Crippen LogP contribution in [0, 0.1) is 6.92 Å². The van der Waals surface area contributed by atoms with Crippen LogP contribution in [0.25, 0.3) is 0 Å². The Morgan fingerprint density at radius 3 is 2.31 bits per heavy atom. The normalized spacial score (nSPS) is 12.5. The van der Waals surface area contributed by atoms with E-state index in [1.54, 1.807) is 25.1 Å². The number of aryl methyl sites for hydroxylation is 1. The van der Waals surface area contributed by atoms with Crippen molar-refractivity contribution < 1.29 is 17.9 Å².